The van der Waals surface area contributed by atoms with Gasteiger partial charge in [0, 0.05) is 18.2 Å². The molecule has 0 aliphatic carbocycles. The summed E-state index contributed by atoms with van der Waals surface area (Å²) >= 11 is 0. The van der Waals surface area contributed by atoms with Crippen molar-refractivity contribution in [3.05, 3.63) is 60.0 Å². The summed E-state index contributed by atoms with van der Waals surface area (Å²) in [6, 6.07) is 10.4. The van der Waals surface area contributed by atoms with Gasteiger partial charge >= 0.3 is 12.1 Å². The second-order valence-electron chi connectivity index (χ2n) is 5.71. The Bertz CT molecular complexity index is 915. The number of aromatic nitrogens is 2. The van der Waals surface area contributed by atoms with E-state index in [2.05, 4.69) is 4.98 Å². The summed E-state index contributed by atoms with van der Waals surface area (Å²) in [5.41, 5.74) is 1.24. The zero-order valence-corrected chi connectivity index (χ0v) is 14.1. The molecule has 0 aliphatic heterocycles. The molecule has 2 heterocycles. The van der Waals surface area contributed by atoms with Crippen LogP contribution in [0.3, 0.4) is 0 Å². The maximum absolute atomic E-state index is 12.8. The van der Waals surface area contributed by atoms with Crippen molar-refractivity contribution in [3.8, 4) is 11.3 Å². The zero-order valence-electron chi connectivity index (χ0n) is 14.1. The monoisotopic (exact) mass is 362 g/mol. The molecule has 0 atom stereocenters. The van der Waals surface area contributed by atoms with Crippen molar-refractivity contribution < 1.29 is 22.7 Å². The summed E-state index contributed by atoms with van der Waals surface area (Å²) in [5, 5.41) is 0. The average molecular weight is 362 g/mol. The topological polar surface area (TPSA) is 43.6 Å². The van der Waals surface area contributed by atoms with Gasteiger partial charge in [0.2, 0.25) is 0 Å². The fraction of sp³-hybridized carbons (Fsp3) is 0.263. The molecule has 7 heteroatoms. The number of nitrogens with zero attached hydrogens (tertiary/aromatic N) is 2. The van der Waals surface area contributed by atoms with Crippen LogP contribution in [0.4, 0.5) is 13.2 Å². The molecule has 3 rings (SSSR count). The lowest BCUT2D eigenvalue weighted by Crippen LogP contribution is -2.06. The molecule has 0 aliphatic rings. The van der Waals surface area contributed by atoms with Crippen molar-refractivity contribution in [3.63, 3.8) is 0 Å². The van der Waals surface area contributed by atoms with E-state index < -0.39 is 11.7 Å². The van der Waals surface area contributed by atoms with E-state index in [9.17, 15) is 18.0 Å². The lowest BCUT2D eigenvalue weighted by atomic mass is 10.1. The van der Waals surface area contributed by atoms with E-state index in [1.54, 1.807) is 6.92 Å². The average Bonchev–Trinajstić information content (AvgIpc) is 2.98. The smallest absolute Gasteiger partial charge is 0.416 e. The van der Waals surface area contributed by atoms with Gasteiger partial charge in [0.15, 0.2) is 0 Å². The molecule has 0 fully saturated rings. The summed E-state index contributed by atoms with van der Waals surface area (Å²) in [4.78, 5) is 16.2. The molecule has 2 aromatic heterocycles. The number of benzene rings is 1. The number of carbonyl (C=O) groups is 1. The van der Waals surface area contributed by atoms with Gasteiger partial charge in [-0.1, -0.05) is 18.2 Å². The molecule has 0 unspecified atom stereocenters. The van der Waals surface area contributed by atoms with E-state index in [-0.39, 0.29) is 12.4 Å². The molecule has 0 radical (unpaired) electrons. The highest BCUT2D eigenvalue weighted by molar-refractivity contribution is 5.78. The third-order valence-electron chi connectivity index (χ3n) is 3.97. The maximum Gasteiger partial charge on any atom is 0.416 e. The SMILES string of the molecule is CCOC(=O)CCc1nc(-c2ccc(C(F)(F)F)cc2)c2ccccn12. The van der Waals surface area contributed by atoms with Crippen molar-refractivity contribution in [1.82, 2.24) is 9.38 Å². The van der Waals surface area contributed by atoms with Crippen LogP contribution in [0.15, 0.2) is 48.7 Å². The van der Waals surface area contributed by atoms with Crippen molar-refractivity contribution in [2.75, 3.05) is 6.61 Å². The molecule has 0 saturated heterocycles. The van der Waals surface area contributed by atoms with E-state index in [0.29, 0.717) is 30.1 Å². The number of carbonyl (C=O) groups excluding carboxylic acids is 1. The largest absolute Gasteiger partial charge is 0.466 e. The standard InChI is InChI=1S/C19H17F3N2O2/c1-2-26-17(25)11-10-16-23-18(15-5-3-4-12-24(15)16)13-6-8-14(9-7-13)19(20,21)22/h3-9,12H,2,10-11H2,1H3. The van der Waals surface area contributed by atoms with Gasteiger partial charge in [-0.25, -0.2) is 4.98 Å². The lowest BCUT2D eigenvalue weighted by Gasteiger charge is -2.06. The Labute approximate surface area is 148 Å². The minimum absolute atomic E-state index is 0.189. The van der Waals surface area contributed by atoms with Gasteiger partial charge in [-0.05, 0) is 31.2 Å². The number of pyridine rings is 1. The fourth-order valence-corrected chi connectivity index (χ4v) is 2.75. The molecule has 0 bridgehead atoms. The number of rotatable bonds is 5. The first kappa shape index (κ1) is 18.0. The van der Waals surface area contributed by atoms with Crippen molar-refractivity contribution >= 4 is 11.5 Å². The van der Waals surface area contributed by atoms with Crippen LogP contribution in [-0.2, 0) is 22.1 Å². The van der Waals surface area contributed by atoms with E-state index in [0.717, 1.165) is 17.6 Å². The normalized spacial score (nSPS) is 11.7. The molecule has 4 nitrogen and oxygen atoms in total. The van der Waals surface area contributed by atoms with Crippen LogP contribution in [0.1, 0.15) is 24.7 Å². The van der Waals surface area contributed by atoms with Crippen molar-refractivity contribution in [2.24, 2.45) is 0 Å². The van der Waals surface area contributed by atoms with E-state index in [1.807, 2.05) is 28.8 Å². The minimum Gasteiger partial charge on any atom is -0.466 e. The van der Waals surface area contributed by atoms with Gasteiger partial charge in [0.05, 0.1) is 29.8 Å². The Hall–Kier alpha value is -2.83. The number of hydrogen-bond donors (Lipinski definition) is 0. The molecule has 3 aromatic rings. The number of ether oxygens (including phenoxy) is 1. The summed E-state index contributed by atoms with van der Waals surface area (Å²) in [6.45, 7) is 2.06. The molecule has 26 heavy (non-hydrogen) atoms. The van der Waals surface area contributed by atoms with E-state index in [1.165, 1.54) is 12.1 Å². The number of halogens is 3. The number of alkyl halides is 3. The molecular weight excluding hydrogens is 345 g/mol. The second kappa shape index (κ2) is 7.19. The van der Waals surface area contributed by atoms with Gasteiger partial charge in [0.1, 0.15) is 5.82 Å². The highest BCUT2D eigenvalue weighted by atomic mass is 19.4. The van der Waals surface area contributed by atoms with Crippen LogP contribution >= 0.6 is 0 Å². The molecule has 0 N–H and O–H groups in total. The zero-order chi connectivity index (χ0) is 18.7. The predicted octanol–water partition coefficient (Wildman–Crippen LogP) is 4.52. The highest BCUT2D eigenvalue weighted by Gasteiger charge is 2.30. The third kappa shape index (κ3) is 3.71. The molecule has 0 amide bonds. The van der Waals surface area contributed by atoms with Crippen LogP contribution in [0.25, 0.3) is 16.8 Å². The first-order chi connectivity index (χ1) is 12.4. The van der Waals surface area contributed by atoms with Gasteiger partial charge in [-0.15, -0.1) is 0 Å². The number of esters is 1. The van der Waals surface area contributed by atoms with Crippen LogP contribution in [0, 0.1) is 0 Å². The van der Waals surface area contributed by atoms with Gasteiger partial charge in [0.25, 0.3) is 0 Å². The summed E-state index contributed by atoms with van der Waals surface area (Å²) in [5.74, 6) is 0.347. The minimum atomic E-state index is -4.38. The Morgan fingerprint density at radius 3 is 2.54 bits per heavy atom. The highest BCUT2D eigenvalue weighted by Crippen LogP contribution is 2.32. The first-order valence-corrected chi connectivity index (χ1v) is 8.19. The van der Waals surface area contributed by atoms with Crippen molar-refractivity contribution in [2.45, 2.75) is 25.9 Å². The Morgan fingerprint density at radius 1 is 1.15 bits per heavy atom. The van der Waals surface area contributed by atoms with Gasteiger partial charge in [-0.2, -0.15) is 13.2 Å². The number of hydrogen-bond acceptors (Lipinski definition) is 3. The van der Waals surface area contributed by atoms with Crippen LogP contribution < -0.4 is 0 Å². The predicted molar refractivity (Wildman–Crippen MR) is 90.6 cm³/mol. The fourth-order valence-electron chi connectivity index (χ4n) is 2.75. The second-order valence-corrected chi connectivity index (χ2v) is 5.71. The van der Waals surface area contributed by atoms with E-state index in [4.69, 9.17) is 4.74 Å². The van der Waals surface area contributed by atoms with Crippen LogP contribution in [-0.4, -0.2) is 22.0 Å². The van der Waals surface area contributed by atoms with E-state index >= 15 is 0 Å². The number of aryl methyl sites for hydroxylation is 1. The Balaban J connectivity index is 1.95. The molecule has 136 valence electrons. The van der Waals surface area contributed by atoms with Crippen molar-refractivity contribution in [1.29, 1.82) is 0 Å². The first-order valence-electron chi connectivity index (χ1n) is 8.19. The van der Waals surface area contributed by atoms with Gasteiger partial charge < -0.3 is 9.14 Å². The summed E-state index contributed by atoms with van der Waals surface area (Å²) < 4.78 is 45.0. The van der Waals surface area contributed by atoms with Gasteiger partial charge in [-0.3, -0.25) is 4.79 Å². The molecule has 1 aromatic carbocycles. The summed E-state index contributed by atoms with van der Waals surface area (Å²) in [6.07, 6.45) is -1.99. The Kier molecular flexibility index (Phi) is 4.97. The quantitative estimate of drug-likeness (QED) is 0.627. The number of imidazole rings is 1. The van der Waals surface area contributed by atoms with Crippen LogP contribution in [0.2, 0.25) is 0 Å². The number of fused-ring (bicyclic) bond motifs is 1. The molecular formula is C19H17F3N2O2. The molecule has 0 saturated carbocycles. The summed E-state index contributed by atoms with van der Waals surface area (Å²) in [7, 11) is 0. The third-order valence-corrected chi connectivity index (χ3v) is 3.97. The molecule has 0 spiro atoms. The maximum atomic E-state index is 12.8. The lowest BCUT2D eigenvalue weighted by molar-refractivity contribution is -0.143. The van der Waals surface area contributed by atoms with Crippen LogP contribution in [0.5, 0.6) is 0 Å². The Morgan fingerprint density at radius 2 is 1.88 bits per heavy atom.